The van der Waals surface area contributed by atoms with E-state index in [2.05, 4.69) is 15.6 Å². The standard InChI is InChI=1S/C22H22Cl2N4O2S/c1-11-7-12(2)9-14(8-11)27-17(29)10-31-22-26-13(3)18(21(25)30)20(28-22)15-5-4-6-16(23)19(15)24/h4-9,20H,10H2,1-3H3,(H2,25,30)(H,26,28)(H,27,29)/t20-/m0/s1. The van der Waals surface area contributed by atoms with Crippen molar-refractivity contribution < 1.29 is 9.59 Å². The number of carbonyl (C=O) groups excluding carboxylic acids is 2. The second kappa shape index (κ2) is 9.77. The Morgan fingerprint density at radius 2 is 1.84 bits per heavy atom. The quantitative estimate of drug-likeness (QED) is 0.580. The molecule has 0 radical (unpaired) electrons. The summed E-state index contributed by atoms with van der Waals surface area (Å²) in [6.07, 6.45) is 0. The molecule has 3 rings (SSSR count). The number of thioether (sulfide) groups is 1. The number of primary amides is 1. The third kappa shape index (κ3) is 5.61. The van der Waals surface area contributed by atoms with Crippen molar-refractivity contribution in [2.45, 2.75) is 26.8 Å². The number of allylic oxidation sites excluding steroid dienone is 1. The van der Waals surface area contributed by atoms with Gasteiger partial charge in [0, 0.05) is 16.9 Å². The molecule has 2 amide bonds. The molecule has 2 aromatic carbocycles. The number of nitrogens with zero attached hydrogens (tertiary/aromatic N) is 1. The predicted octanol–water partition coefficient (Wildman–Crippen LogP) is 4.74. The van der Waals surface area contributed by atoms with Gasteiger partial charge in [-0.15, -0.1) is 0 Å². The molecular weight excluding hydrogens is 455 g/mol. The summed E-state index contributed by atoms with van der Waals surface area (Å²) in [6, 6.07) is 10.3. The van der Waals surface area contributed by atoms with E-state index in [1.54, 1.807) is 25.1 Å². The van der Waals surface area contributed by atoms with E-state index in [-0.39, 0.29) is 11.7 Å². The Balaban J connectivity index is 1.79. The first-order valence-electron chi connectivity index (χ1n) is 9.46. The number of rotatable bonds is 5. The number of anilines is 1. The van der Waals surface area contributed by atoms with E-state index in [4.69, 9.17) is 28.9 Å². The Hall–Kier alpha value is -2.48. The van der Waals surface area contributed by atoms with Gasteiger partial charge >= 0.3 is 0 Å². The van der Waals surface area contributed by atoms with E-state index >= 15 is 0 Å². The van der Waals surface area contributed by atoms with Crippen LogP contribution in [0.1, 0.15) is 29.7 Å². The van der Waals surface area contributed by atoms with Crippen molar-refractivity contribution in [1.82, 2.24) is 5.32 Å². The third-order valence-corrected chi connectivity index (χ3v) is 6.33. The van der Waals surface area contributed by atoms with Crippen LogP contribution in [-0.4, -0.2) is 22.7 Å². The second-order valence-electron chi connectivity index (χ2n) is 7.22. The van der Waals surface area contributed by atoms with Crippen LogP contribution in [0.4, 0.5) is 5.69 Å². The third-order valence-electron chi connectivity index (χ3n) is 4.61. The normalized spacial score (nSPS) is 15.9. The molecule has 1 aliphatic heterocycles. The van der Waals surface area contributed by atoms with Crippen molar-refractivity contribution in [3.05, 3.63) is 74.4 Å². The number of nitrogens with two attached hydrogens (primary N) is 1. The minimum absolute atomic E-state index is 0.133. The Bertz CT molecular complexity index is 1090. The molecule has 162 valence electrons. The molecule has 0 bridgehead atoms. The highest BCUT2D eigenvalue weighted by Gasteiger charge is 2.30. The lowest BCUT2D eigenvalue weighted by atomic mass is 9.96. The summed E-state index contributed by atoms with van der Waals surface area (Å²) >= 11 is 13.7. The van der Waals surface area contributed by atoms with Crippen LogP contribution in [0.15, 0.2) is 52.7 Å². The first-order chi connectivity index (χ1) is 14.7. The number of halogens is 2. The fourth-order valence-corrected chi connectivity index (χ4v) is 4.53. The molecule has 0 aromatic heterocycles. The Morgan fingerprint density at radius 3 is 2.48 bits per heavy atom. The van der Waals surface area contributed by atoms with E-state index in [0.29, 0.717) is 32.0 Å². The first-order valence-corrected chi connectivity index (χ1v) is 11.2. The van der Waals surface area contributed by atoms with Crippen molar-refractivity contribution in [2.24, 2.45) is 10.7 Å². The number of nitrogens with one attached hydrogen (secondary N) is 2. The van der Waals surface area contributed by atoms with E-state index in [1.807, 2.05) is 32.0 Å². The zero-order valence-electron chi connectivity index (χ0n) is 17.3. The van der Waals surface area contributed by atoms with Crippen molar-refractivity contribution in [1.29, 1.82) is 0 Å². The van der Waals surface area contributed by atoms with E-state index in [9.17, 15) is 9.59 Å². The molecule has 31 heavy (non-hydrogen) atoms. The van der Waals surface area contributed by atoms with E-state index < -0.39 is 11.9 Å². The van der Waals surface area contributed by atoms with Crippen LogP contribution in [0.25, 0.3) is 0 Å². The number of carbonyl (C=O) groups is 2. The minimum atomic E-state index is -0.713. The molecule has 1 aliphatic rings. The summed E-state index contributed by atoms with van der Waals surface area (Å²) < 4.78 is 0. The van der Waals surface area contributed by atoms with Gasteiger partial charge in [0.15, 0.2) is 5.17 Å². The maximum absolute atomic E-state index is 12.4. The number of aliphatic imine (C=N–C) groups is 1. The SMILES string of the molecule is CC1=C(C(N)=O)[C@H](c2cccc(Cl)c2Cl)N=C(SCC(=O)Nc2cc(C)cc(C)c2)N1. The largest absolute Gasteiger partial charge is 0.366 e. The molecular formula is C22H22Cl2N4O2S. The highest BCUT2D eigenvalue weighted by Crippen LogP contribution is 2.38. The van der Waals surface area contributed by atoms with Gasteiger partial charge in [0.2, 0.25) is 11.8 Å². The lowest BCUT2D eigenvalue weighted by molar-refractivity contribution is -0.115. The molecule has 0 unspecified atom stereocenters. The molecule has 0 aliphatic carbocycles. The van der Waals surface area contributed by atoms with Crippen LogP contribution in [0.2, 0.25) is 10.0 Å². The molecule has 0 spiro atoms. The summed E-state index contributed by atoms with van der Waals surface area (Å²) in [5.74, 6) is -0.640. The number of aryl methyl sites for hydroxylation is 2. The maximum Gasteiger partial charge on any atom is 0.248 e. The number of benzene rings is 2. The maximum atomic E-state index is 12.4. The van der Waals surface area contributed by atoms with Gasteiger partial charge in [-0.2, -0.15) is 0 Å². The van der Waals surface area contributed by atoms with Crippen molar-refractivity contribution in [3.63, 3.8) is 0 Å². The molecule has 1 atom stereocenters. The predicted molar refractivity (Wildman–Crippen MR) is 129 cm³/mol. The molecule has 0 saturated heterocycles. The number of hydrogen-bond donors (Lipinski definition) is 3. The molecule has 6 nitrogen and oxygen atoms in total. The Morgan fingerprint density at radius 1 is 1.16 bits per heavy atom. The van der Waals surface area contributed by atoms with Gasteiger partial charge in [0.05, 0.1) is 21.4 Å². The van der Waals surface area contributed by atoms with E-state index in [0.717, 1.165) is 16.8 Å². The zero-order chi connectivity index (χ0) is 22.7. The van der Waals surface area contributed by atoms with Gasteiger partial charge in [-0.05, 0) is 50.1 Å². The average Bonchev–Trinajstić information content (AvgIpc) is 2.67. The summed E-state index contributed by atoms with van der Waals surface area (Å²) in [4.78, 5) is 29.1. The minimum Gasteiger partial charge on any atom is -0.366 e. The van der Waals surface area contributed by atoms with Gasteiger partial charge in [-0.1, -0.05) is 53.2 Å². The topological polar surface area (TPSA) is 96.6 Å². The molecule has 2 aromatic rings. The molecule has 0 saturated carbocycles. The number of hydrogen-bond acceptors (Lipinski definition) is 5. The smallest absolute Gasteiger partial charge is 0.248 e. The lowest BCUT2D eigenvalue weighted by Gasteiger charge is -2.26. The van der Waals surface area contributed by atoms with Gasteiger partial charge in [-0.3, -0.25) is 9.59 Å². The van der Waals surface area contributed by atoms with Crippen LogP contribution in [0, 0.1) is 13.8 Å². The van der Waals surface area contributed by atoms with Crippen LogP contribution in [-0.2, 0) is 9.59 Å². The molecule has 4 N–H and O–H groups in total. The second-order valence-corrected chi connectivity index (χ2v) is 8.97. The molecule has 9 heteroatoms. The highest BCUT2D eigenvalue weighted by molar-refractivity contribution is 8.14. The zero-order valence-corrected chi connectivity index (χ0v) is 19.6. The van der Waals surface area contributed by atoms with Crippen molar-refractivity contribution in [2.75, 3.05) is 11.1 Å². The number of amides is 2. The summed E-state index contributed by atoms with van der Waals surface area (Å²) in [7, 11) is 0. The van der Waals surface area contributed by atoms with Crippen LogP contribution >= 0.6 is 35.0 Å². The van der Waals surface area contributed by atoms with Crippen molar-refractivity contribution >= 4 is 57.6 Å². The average molecular weight is 477 g/mol. The fourth-order valence-electron chi connectivity index (χ4n) is 3.37. The lowest BCUT2D eigenvalue weighted by Crippen LogP contribution is -2.33. The van der Waals surface area contributed by atoms with Crippen LogP contribution in [0.3, 0.4) is 0 Å². The van der Waals surface area contributed by atoms with Crippen LogP contribution in [0.5, 0.6) is 0 Å². The Kier molecular flexibility index (Phi) is 7.30. The van der Waals surface area contributed by atoms with Crippen molar-refractivity contribution in [3.8, 4) is 0 Å². The Labute approximate surface area is 195 Å². The molecule has 1 heterocycles. The fraction of sp³-hybridized carbons (Fsp3) is 0.227. The monoisotopic (exact) mass is 476 g/mol. The highest BCUT2D eigenvalue weighted by atomic mass is 35.5. The van der Waals surface area contributed by atoms with Gasteiger partial charge in [0.1, 0.15) is 6.04 Å². The summed E-state index contributed by atoms with van der Waals surface area (Å²) in [6.45, 7) is 5.69. The van der Waals surface area contributed by atoms with Gasteiger partial charge in [0.25, 0.3) is 0 Å². The first kappa shape index (κ1) is 23.2. The summed E-state index contributed by atoms with van der Waals surface area (Å²) in [5, 5.41) is 7.10. The summed E-state index contributed by atoms with van der Waals surface area (Å²) in [5.41, 5.74) is 9.92. The van der Waals surface area contributed by atoms with Gasteiger partial charge in [-0.25, -0.2) is 4.99 Å². The van der Waals surface area contributed by atoms with E-state index in [1.165, 1.54) is 11.8 Å². The molecule has 0 fully saturated rings. The number of amidine groups is 1. The van der Waals surface area contributed by atoms with Crippen LogP contribution < -0.4 is 16.4 Å². The van der Waals surface area contributed by atoms with Gasteiger partial charge < -0.3 is 16.4 Å².